The second-order valence-electron chi connectivity index (χ2n) is 4.88. The third-order valence-electron chi connectivity index (χ3n) is 3.74. The van der Waals surface area contributed by atoms with E-state index in [1.165, 1.54) is 32.1 Å². The van der Waals surface area contributed by atoms with Crippen molar-refractivity contribution >= 4 is 0 Å². The minimum absolute atomic E-state index is 0.354. The van der Waals surface area contributed by atoms with E-state index in [0.717, 1.165) is 18.4 Å². The van der Waals surface area contributed by atoms with Gasteiger partial charge in [0.1, 0.15) is 0 Å². The summed E-state index contributed by atoms with van der Waals surface area (Å²) < 4.78 is 5.88. The molecule has 0 amide bonds. The van der Waals surface area contributed by atoms with Gasteiger partial charge in [0.25, 0.3) is 0 Å². The maximum Gasteiger partial charge on any atom is 0.0685 e. The molecule has 0 aromatic heterocycles. The lowest BCUT2D eigenvalue weighted by molar-refractivity contribution is -0.148. The molecule has 0 aromatic rings. The lowest BCUT2D eigenvalue weighted by atomic mass is 9.70. The van der Waals surface area contributed by atoms with Crippen molar-refractivity contribution in [2.75, 3.05) is 6.61 Å². The van der Waals surface area contributed by atoms with E-state index in [2.05, 4.69) is 13.8 Å². The van der Waals surface area contributed by atoms with Gasteiger partial charge >= 0.3 is 0 Å². The van der Waals surface area contributed by atoms with Crippen LogP contribution in [0.4, 0.5) is 0 Å². The van der Waals surface area contributed by atoms with Gasteiger partial charge in [0, 0.05) is 6.61 Å². The van der Waals surface area contributed by atoms with E-state index in [1.807, 2.05) is 0 Å². The molecule has 1 heterocycles. The van der Waals surface area contributed by atoms with Crippen LogP contribution in [-0.2, 0) is 4.74 Å². The molecule has 1 spiro atoms. The Morgan fingerprint density at radius 3 is 2.58 bits per heavy atom. The zero-order chi connectivity index (χ0) is 8.60. The van der Waals surface area contributed by atoms with Gasteiger partial charge in [-0.25, -0.2) is 0 Å². The summed E-state index contributed by atoms with van der Waals surface area (Å²) in [7, 11) is 0. The summed E-state index contributed by atoms with van der Waals surface area (Å²) in [5.74, 6) is 1.78. The standard InChI is InChI=1S/C11H20O/c1-9(2)10-4-7-12-11(8-10)5-3-6-11/h9-10H,3-8H2,1-2H3. The largest absolute Gasteiger partial charge is 0.375 e. The Hall–Kier alpha value is -0.0400. The number of ether oxygens (including phenoxy) is 1. The molecule has 1 atom stereocenters. The molecule has 12 heavy (non-hydrogen) atoms. The number of rotatable bonds is 1. The van der Waals surface area contributed by atoms with Gasteiger partial charge in [-0.3, -0.25) is 0 Å². The molecule has 0 radical (unpaired) electrons. The Morgan fingerprint density at radius 2 is 2.08 bits per heavy atom. The highest BCUT2D eigenvalue weighted by Crippen LogP contribution is 2.45. The highest BCUT2D eigenvalue weighted by atomic mass is 16.5. The first-order valence-electron chi connectivity index (χ1n) is 5.36. The second-order valence-corrected chi connectivity index (χ2v) is 4.88. The third-order valence-corrected chi connectivity index (χ3v) is 3.74. The molecule has 2 rings (SSSR count). The van der Waals surface area contributed by atoms with Crippen LogP contribution >= 0.6 is 0 Å². The van der Waals surface area contributed by atoms with E-state index in [-0.39, 0.29) is 0 Å². The highest BCUT2D eigenvalue weighted by Gasteiger charge is 2.42. The van der Waals surface area contributed by atoms with Gasteiger partial charge in [0.15, 0.2) is 0 Å². The van der Waals surface area contributed by atoms with Crippen molar-refractivity contribution in [1.29, 1.82) is 0 Å². The minimum atomic E-state index is 0.354. The van der Waals surface area contributed by atoms with Crippen molar-refractivity contribution in [1.82, 2.24) is 0 Å². The van der Waals surface area contributed by atoms with Crippen LogP contribution in [0.5, 0.6) is 0 Å². The van der Waals surface area contributed by atoms with Gasteiger partial charge in [0.2, 0.25) is 0 Å². The van der Waals surface area contributed by atoms with E-state index in [1.54, 1.807) is 0 Å². The summed E-state index contributed by atoms with van der Waals surface area (Å²) in [5, 5.41) is 0. The molecule has 0 aromatic carbocycles. The molecule has 2 aliphatic rings. The molecule has 1 aliphatic heterocycles. The summed E-state index contributed by atoms with van der Waals surface area (Å²) in [5.41, 5.74) is 0.354. The van der Waals surface area contributed by atoms with Crippen LogP contribution in [-0.4, -0.2) is 12.2 Å². The van der Waals surface area contributed by atoms with Crippen molar-refractivity contribution in [2.24, 2.45) is 11.8 Å². The van der Waals surface area contributed by atoms with Gasteiger partial charge in [-0.1, -0.05) is 13.8 Å². The molecule has 1 saturated heterocycles. The lowest BCUT2D eigenvalue weighted by Crippen LogP contribution is -2.46. The second kappa shape index (κ2) is 3.02. The molecule has 0 N–H and O–H groups in total. The monoisotopic (exact) mass is 168 g/mol. The zero-order valence-corrected chi connectivity index (χ0v) is 8.31. The van der Waals surface area contributed by atoms with Crippen molar-refractivity contribution in [2.45, 2.75) is 51.6 Å². The van der Waals surface area contributed by atoms with Crippen LogP contribution < -0.4 is 0 Å². The Labute approximate surface area is 75.5 Å². The maximum absolute atomic E-state index is 5.88. The van der Waals surface area contributed by atoms with Crippen LogP contribution in [0, 0.1) is 11.8 Å². The summed E-state index contributed by atoms with van der Waals surface area (Å²) >= 11 is 0. The normalized spacial score (nSPS) is 33.8. The van der Waals surface area contributed by atoms with Crippen LogP contribution in [0.2, 0.25) is 0 Å². The molecule has 70 valence electrons. The molecule has 1 unspecified atom stereocenters. The molecule has 1 nitrogen and oxygen atoms in total. The SMILES string of the molecule is CC(C)C1CCOC2(CCC2)C1. The van der Waals surface area contributed by atoms with Crippen LogP contribution in [0.25, 0.3) is 0 Å². The van der Waals surface area contributed by atoms with E-state index in [9.17, 15) is 0 Å². The first-order valence-corrected chi connectivity index (χ1v) is 5.36. The summed E-state index contributed by atoms with van der Waals surface area (Å²) in [4.78, 5) is 0. The van der Waals surface area contributed by atoms with Crippen LogP contribution in [0.15, 0.2) is 0 Å². The smallest absolute Gasteiger partial charge is 0.0685 e. The quantitative estimate of drug-likeness (QED) is 0.585. The fraction of sp³-hybridized carbons (Fsp3) is 1.00. The number of hydrogen-bond acceptors (Lipinski definition) is 1. The first kappa shape index (κ1) is 8.55. The first-order chi connectivity index (χ1) is 5.72. The third kappa shape index (κ3) is 1.39. The van der Waals surface area contributed by atoms with Crippen LogP contribution in [0.1, 0.15) is 46.0 Å². The summed E-state index contributed by atoms with van der Waals surface area (Å²) in [6.45, 7) is 5.72. The lowest BCUT2D eigenvalue weighted by Gasteiger charge is -2.48. The Balaban J connectivity index is 1.94. The molecule has 2 fully saturated rings. The fourth-order valence-electron chi connectivity index (χ4n) is 2.55. The molecular weight excluding hydrogens is 148 g/mol. The molecule has 0 bridgehead atoms. The van der Waals surface area contributed by atoms with Gasteiger partial charge in [-0.05, 0) is 43.9 Å². The van der Waals surface area contributed by atoms with E-state index < -0.39 is 0 Å². The van der Waals surface area contributed by atoms with E-state index >= 15 is 0 Å². The van der Waals surface area contributed by atoms with Crippen molar-refractivity contribution in [3.63, 3.8) is 0 Å². The predicted molar refractivity (Wildman–Crippen MR) is 50.1 cm³/mol. The summed E-state index contributed by atoms with van der Waals surface area (Å²) in [6, 6.07) is 0. The molecular formula is C11H20O. The zero-order valence-electron chi connectivity index (χ0n) is 8.31. The Bertz CT molecular complexity index is 158. The highest BCUT2D eigenvalue weighted by molar-refractivity contribution is 4.94. The van der Waals surface area contributed by atoms with Gasteiger partial charge in [-0.2, -0.15) is 0 Å². The van der Waals surface area contributed by atoms with Crippen molar-refractivity contribution < 1.29 is 4.74 Å². The Morgan fingerprint density at radius 1 is 1.33 bits per heavy atom. The van der Waals surface area contributed by atoms with E-state index in [0.29, 0.717) is 5.60 Å². The topological polar surface area (TPSA) is 9.23 Å². The van der Waals surface area contributed by atoms with Gasteiger partial charge < -0.3 is 4.74 Å². The van der Waals surface area contributed by atoms with Crippen molar-refractivity contribution in [3.05, 3.63) is 0 Å². The van der Waals surface area contributed by atoms with Crippen molar-refractivity contribution in [3.8, 4) is 0 Å². The average molecular weight is 168 g/mol. The van der Waals surface area contributed by atoms with Crippen LogP contribution in [0.3, 0.4) is 0 Å². The van der Waals surface area contributed by atoms with E-state index in [4.69, 9.17) is 4.74 Å². The van der Waals surface area contributed by atoms with Gasteiger partial charge in [0.05, 0.1) is 5.60 Å². The number of hydrogen-bond donors (Lipinski definition) is 0. The summed E-state index contributed by atoms with van der Waals surface area (Å²) in [6.07, 6.45) is 6.68. The fourth-order valence-corrected chi connectivity index (χ4v) is 2.55. The minimum Gasteiger partial charge on any atom is -0.375 e. The molecule has 1 heteroatoms. The molecule has 1 aliphatic carbocycles. The maximum atomic E-state index is 5.88. The van der Waals surface area contributed by atoms with Gasteiger partial charge in [-0.15, -0.1) is 0 Å². The Kier molecular flexibility index (Phi) is 2.16. The predicted octanol–water partition coefficient (Wildman–Crippen LogP) is 2.99. The average Bonchev–Trinajstić information content (AvgIpc) is 2.02. The molecule has 1 saturated carbocycles.